The summed E-state index contributed by atoms with van der Waals surface area (Å²) in [5.41, 5.74) is -1.99. The van der Waals surface area contributed by atoms with Crippen molar-refractivity contribution < 1.29 is 22.4 Å². The van der Waals surface area contributed by atoms with Crippen LogP contribution in [0.4, 0.5) is 17.6 Å². The molecule has 0 saturated heterocycles. The van der Waals surface area contributed by atoms with Crippen molar-refractivity contribution in [3.63, 3.8) is 0 Å². The molecular formula is C11H7F4NO. The van der Waals surface area contributed by atoms with Gasteiger partial charge >= 0.3 is 6.18 Å². The number of carbonyl (C=O) groups excluding carboxylic acids is 1. The standard InChI is InChI=1S/C11H7F4NO/c12-9-4-7(10(1-2-10)16-6-17)3-8(5-9)11(13,14)15/h3-5H,1-2H2. The van der Waals surface area contributed by atoms with Crippen molar-refractivity contribution in [1.82, 2.24) is 0 Å². The molecule has 0 aliphatic heterocycles. The summed E-state index contributed by atoms with van der Waals surface area (Å²) < 4.78 is 50.5. The van der Waals surface area contributed by atoms with Gasteiger partial charge in [-0.1, -0.05) is 0 Å². The van der Waals surface area contributed by atoms with Crippen LogP contribution in [0.3, 0.4) is 0 Å². The van der Waals surface area contributed by atoms with E-state index in [2.05, 4.69) is 4.99 Å². The van der Waals surface area contributed by atoms with Gasteiger partial charge in [-0.05, 0) is 36.6 Å². The van der Waals surface area contributed by atoms with E-state index in [1.165, 1.54) is 6.08 Å². The number of benzene rings is 1. The lowest BCUT2D eigenvalue weighted by Gasteiger charge is -2.12. The topological polar surface area (TPSA) is 29.4 Å². The third-order valence-electron chi connectivity index (χ3n) is 2.75. The highest BCUT2D eigenvalue weighted by molar-refractivity contribution is 5.42. The Balaban J connectivity index is 2.50. The number of isocyanates is 1. The number of aliphatic imine (C=N–C) groups is 1. The van der Waals surface area contributed by atoms with Crippen LogP contribution in [0.25, 0.3) is 0 Å². The lowest BCUT2D eigenvalue weighted by Crippen LogP contribution is -2.10. The molecule has 1 aromatic rings. The number of nitrogens with zero attached hydrogens (tertiary/aromatic N) is 1. The SMILES string of the molecule is O=C=NC1(c2cc(F)cc(C(F)(F)F)c2)CC1. The van der Waals surface area contributed by atoms with Crippen LogP contribution in [0.1, 0.15) is 24.0 Å². The van der Waals surface area contributed by atoms with Crippen molar-refractivity contribution in [2.24, 2.45) is 4.99 Å². The molecule has 0 aromatic heterocycles. The van der Waals surface area contributed by atoms with Gasteiger partial charge in [0.2, 0.25) is 6.08 Å². The minimum absolute atomic E-state index is 0.0770. The Morgan fingerprint density at radius 3 is 2.35 bits per heavy atom. The summed E-state index contributed by atoms with van der Waals surface area (Å²) in [6.07, 6.45) is -2.43. The maximum atomic E-state index is 13.1. The van der Waals surface area contributed by atoms with Gasteiger partial charge < -0.3 is 0 Å². The smallest absolute Gasteiger partial charge is 0.211 e. The molecule has 0 heterocycles. The fourth-order valence-electron chi connectivity index (χ4n) is 1.69. The molecule has 90 valence electrons. The Hall–Kier alpha value is -1.68. The van der Waals surface area contributed by atoms with Gasteiger partial charge in [-0.25, -0.2) is 9.18 Å². The van der Waals surface area contributed by atoms with Crippen LogP contribution in [0.5, 0.6) is 0 Å². The number of rotatable bonds is 2. The quantitative estimate of drug-likeness (QED) is 0.447. The maximum absolute atomic E-state index is 13.1. The van der Waals surface area contributed by atoms with Crippen LogP contribution in [0.2, 0.25) is 0 Å². The van der Waals surface area contributed by atoms with Crippen LogP contribution in [-0.2, 0) is 16.5 Å². The van der Waals surface area contributed by atoms with E-state index in [1.54, 1.807) is 0 Å². The zero-order valence-corrected chi connectivity index (χ0v) is 8.51. The Morgan fingerprint density at radius 2 is 1.88 bits per heavy atom. The predicted octanol–water partition coefficient (Wildman–Crippen LogP) is 3.17. The first-order chi connectivity index (χ1) is 7.87. The lowest BCUT2D eigenvalue weighted by molar-refractivity contribution is -0.137. The van der Waals surface area contributed by atoms with Gasteiger partial charge in [-0.3, -0.25) is 0 Å². The third kappa shape index (κ3) is 2.22. The van der Waals surface area contributed by atoms with Crippen LogP contribution in [0.15, 0.2) is 23.2 Å². The van der Waals surface area contributed by atoms with E-state index in [4.69, 9.17) is 0 Å². The number of halogens is 4. The van der Waals surface area contributed by atoms with E-state index in [9.17, 15) is 22.4 Å². The van der Waals surface area contributed by atoms with E-state index in [1.807, 2.05) is 0 Å². The van der Waals surface area contributed by atoms with E-state index < -0.39 is 23.1 Å². The fourth-order valence-corrected chi connectivity index (χ4v) is 1.69. The highest BCUT2D eigenvalue weighted by atomic mass is 19.4. The van der Waals surface area contributed by atoms with Gasteiger partial charge in [0.15, 0.2) is 0 Å². The first-order valence-electron chi connectivity index (χ1n) is 4.85. The van der Waals surface area contributed by atoms with Crippen LogP contribution in [-0.4, -0.2) is 6.08 Å². The minimum Gasteiger partial charge on any atom is -0.211 e. The number of alkyl halides is 3. The summed E-state index contributed by atoms with van der Waals surface area (Å²) in [6.45, 7) is 0. The van der Waals surface area contributed by atoms with Gasteiger partial charge in [-0.15, -0.1) is 0 Å². The second kappa shape index (κ2) is 3.67. The molecular weight excluding hydrogens is 238 g/mol. The average Bonchev–Trinajstić information content (AvgIpc) is 2.97. The van der Waals surface area contributed by atoms with Crippen molar-refractivity contribution in [2.45, 2.75) is 24.6 Å². The first-order valence-corrected chi connectivity index (χ1v) is 4.85. The molecule has 2 nitrogen and oxygen atoms in total. The van der Waals surface area contributed by atoms with Crippen LogP contribution in [0, 0.1) is 5.82 Å². The molecule has 1 aliphatic carbocycles. The summed E-state index contributed by atoms with van der Waals surface area (Å²) >= 11 is 0. The van der Waals surface area contributed by atoms with Crippen LogP contribution >= 0.6 is 0 Å². The molecule has 1 aromatic carbocycles. The van der Waals surface area contributed by atoms with E-state index in [0.29, 0.717) is 18.9 Å². The molecule has 1 aliphatic rings. The van der Waals surface area contributed by atoms with Crippen molar-refractivity contribution in [3.8, 4) is 0 Å². The van der Waals surface area contributed by atoms with Gasteiger partial charge in [-0.2, -0.15) is 18.2 Å². The van der Waals surface area contributed by atoms with Crippen molar-refractivity contribution in [2.75, 3.05) is 0 Å². The van der Waals surface area contributed by atoms with E-state index in [-0.39, 0.29) is 5.56 Å². The molecule has 0 atom stereocenters. The molecule has 0 N–H and O–H groups in total. The highest BCUT2D eigenvalue weighted by Crippen LogP contribution is 2.50. The minimum atomic E-state index is -4.61. The normalized spacial score (nSPS) is 17.4. The number of hydrogen-bond donors (Lipinski definition) is 0. The summed E-state index contributed by atoms with van der Waals surface area (Å²) in [6, 6.07) is 2.23. The van der Waals surface area contributed by atoms with Gasteiger partial charge in [0.1, 0.15) is 5.82 Å². The van der Waals surface area contributed by atoms with Gasteiger partial charge in [0.25, 0.3) is 0 Å². The molecule has 1 saturated carbocycles. The van der Waals surface area contributed by atoms with Gasteiger partial charge in [0, 0.05) is 0 Å². The number of hydrogen-bond acceptors (Lipinski definition) is 2. The predicted molar refractivity (Wildman–Crippen MR) is 50.4 cm³/mol. The molecule has 2 rings (SSSR count). The van der Waals surface area contributed by atoms with E-state index in [0.717, 1.165) is 12.1 Å². The molecule has 1 fully saturated rings. The molecule has 6 heteroatoms. The average molecular weight is 245 g/mol. The molecule has 0 unspecified atom stereocenters. The van der Waals surface area contributed by atoms with Crippen molar-refractivity contribution >= 4 is 6.08 Å². The van der Waals surface area contributed by atoms with Crippen molar-refractivity contribution in [3.05, 3.63) is 35.1 Å². The monoisotopic (exact) mass is 245 g/mol. The molecule has 0 spiro atoms. The fraction of sp³-hybridized carbons (Fsp3) is 0.364. The van der Waals surface area contributed by atoms with Gasteiger partial charge in [0.05, 0.1) is 11.1 Å². The van der Waals surface area contributed by atoms with E-state index >= 15 is 0 Å². The largest absolute Gasteiger partial charge is 0.416 e. The lowest BCUT2D eigenvalue weighted by atomic mass is 10.0. The molecule has 0 radical (unpaired) electrons. The zero-order valence-electron chi connectivity index (χ0n) is 8.51. The van der Waals surface area contributed by atoms with Crippen molar-refractivity contribution in [1.29, 1.82) is 0 Å². The second-order valence-electron chi connectivity index (χ2n) is 3.96. The second-order valence-corrected chi connectivity index (χ2v) is 3.96. The zero-order chi connectivity index (χ0) is 12.7. The summed E-state index contributed by atoms with van der Waals surface area (Å²) in [7, 11) is 0. The summed E-state index contributed by atoms with van der Waals surface area (Å²) in [4.78, 5) is 13.7. The molecule has 0 bridgehead atoms. The summed E-state index contributed by atoms with van der Waals surface area (Å²) in [5, 5.41) is 0. The maximum Gasteiger partial charge on any atom is 0.416 e. The Bertz CT molecular complexity index is 499. The molecule has 0 amide bonds. The Kier molecular flexibility index (Phi) is 2.54. The molecule has 17 heavy (non-hydrogen) atoms. The Morgan fingerprint density at radius 1 is 1.24 bits per heavy atom. The van der Waals surface area contributed by atoms with Crippen LogP contribution < -0.4 is 0 Å². The highest BCUT2D eigenvalue weighted by Gasteiger charge is 2.46. The third-order valence-corrected chi connectivity index (χ3v) is 2.75. The Labute approximate surface area is 94.0 Å². The summed E-state index contributed by atoms with van der Waals surface area (Å²) in [5.74, 6) is -0.984. The first kappa shape index (κ1) is 11.8.